The largest absolute Gasteiger partial charge is 0.497 e. The number of amides is 1. The minimum Gasteiger partial charge on any atom is -0.497 e. The number of hydrogen-bond acceptors (Lipinski definition) is 6. The molecule has 24 heavy (non-hydrogen) atoms. The van der Waals surface area contributed by atoms with E-state index in [0.717, 1.165) is 49.2 Å². The van der Waals surface area contributed by atoms with Crippen molar-refractivity contribution in [2.75, 3.05) is 38.7 Å². The summed E-state index contributed by atoms with van der Waals surface area (Å²) in [5.41, 5.74) is 1.53. The number of nitrogens with one attached hydrogen (secondary N) is 1. The molecule has 0 radical (unpaired) electrons. The van der Waals surface area contributed by atoms with E-state index in [-0.39, 0.29) is 12.3 Å². The van der Waals surface area contributed by atoms with Gasteiger partial charge in [-0.25, -0.2) is 4.98 Å². The quantitative estimate of drug-likeness (QED) is 0.868. The maximum absolute atomic E-state index is 12.2. The molecular weight excluding hydrogens is 326 g/mol. The average molecular weight is 347 g/mol. The molecule has 1 N–H and O–H groups in total. The van der Waals surface area contributed by atoms with Crippen LogP contribution in [-0.2, 0) is 22.5 Å². The van der Waals surface area contributed by atoms with Crippen molar-refractivity contribution >= 4 is 22.9 Å². The number of aromatic nitrogens is 1. The first kappa shape index (κ1) is 16.9. The van der Waals surface area contributed by atoms with E-state index in [1.807, 2.05) is 23.6 Å². The fourth-order valence-corrected chi connectivity index (χ4v) is 3.36. The van der Waals surface area contributed by atoms with Gasteiger partial charge in [-0.2, -0.15) is 0 Å². The van der Waals surface area contributed by atoms with E-state index in [0.29, 0.717) is 5.75 Å². The van der Waals surface area contributed by atoms with Gasteiger partial charge >= 0.3 is 0 Å². The van der Waals surface area contributed by atoms with Crippen LogP contribution in [-0.4, -0.2) is 49.2 Å². The molecule has 6 nitrogen and oxygen atoms in total. The predicted octanol–water partition coefficient (Wildman–Crippen LogP) is 2.17. The molecule has 1 aromatic carbocycles. The second-order valence-electron chi connectivity index (χ2n) is 5.58. The van der Waals surface area contributed by atoms with Crippen LogP contribution in [0.2, 0.25) is 0 Å². The first-order valence-electron chi connectivity index (χ1n) is 7.90. The Morgan fingerprint density at radius 2 is 2.25 bits per heavy atom. The number of rotatable bonds is 6. The van der Waals surface area contributed by atoms with E-state index < -0.39 is 0 Å². The molecule has 128 valence electrons. The summed E-state index contributed by atoms with van der Waals surface area (Å²) < 4.78 is 10.5. The highest BCUT2D eigenvalue weighted by atomic mass is 32.1. The molecule has 1 aromatic heterocycles. The maximum Gasteiger partial charge on any atom is 0.230 e. The highest BCUT2D eigenvalue weighted by Crippen LogP contribution is 2.18. The second-order valence-corrected chi connectivity index (χ2v) is 6.52. The lowest BCUT2D eigenvalue weighted by atomic mass is 10.2. The molecule has 1 saturated heterocycles. The van der Waals surface area contributed by atoms with Crippen molar-refractivity contribution in [3.8, 4) is 5.75 Å². The molecule has 0 spiro atoms. The molecule has 1 aliphatic heterocycles. The van der Waals surface area contributed by atoms with Gasteiger partial charge in [0.1, 0.15) is 10.8 Å². The number of hydrogen-bond donors (Lipinski definition) is 1. The van der Waals surface area contributed by atoms with Crippen LogP contribution >= 0.6 is 11.3 Å². The monoisotopic (exact) mass is 347 g/mol. The molecule has 7 heteroatoms. The summed E-state index contributed by atoms with van der Waals surface area (Å²) in [5, 5.41) is 5.88. The molecule has 1 aliphatic rings. The summed E-state index contributed by atoms with van der Waals surface area (Å²) in [4.78, 5) is 19.1. The van der Waals surface area contributed by atoms with Gasteiger partial charge < -0.3 is 14.8 Å². The summed E-state index contributed by atoms with van der Waals surface area (Å²) in [5.74, 6) is 0.640. The number of methoxy groups -OCH3 is 1. The number of nitrogens with zero attached hydrogens (tertiary/aromatic N) is 2. The number of ether oxygens (including phenoxy) is 2. The summed E-state index contributed by atoms with van der Waals surface area (Å²) >= 11 is 1.60. The van der Waals surface area contributed by atoms with Crippen molar-refractivity contribution in [2.24, 2.45) is 0 Å². The van der Waals surface area contributed by atoms with Crippen molar-refractivity contribution in [3.05, 3.63) is 40.3 Å². The van der Waals surface area contributed by atoms with Crippen molar-refractivity contribution < 1.29 is 14.3 Å². The minimum atomic E-state index is -0.0773. The Hall–Kier alpha value is -1.96. The fourth-order valence-electron chi connectivity index (χ4n) is 2.52. The van der Waals surface area contributed by atoms with Gasteiger partial charge in [-0.1, -0.05) is 6.07 Å². The van der Waals surface area contributed by atoms with Gasteiger partial charge in [-0.15, -0.1) is 11.3 Å². The third-order valence-corrected chi connectivity index (χ3v) is 4.64. The normalized spacial score (nSPS) is 15.2. The van der Waals surface area contributed by atoms with Crippen LogP contribution in [0.3, 0.4) is 0 Å². The highest BCUT2D eigenvalue weighted by Gasteiger charge is 2.14. The Morgan fingerprint density at radius 3 is 3.04 bits per heavy atom. The van der Waals surface area contributed by atoms with Gasteiger partial charge in [0.15, 0.2) is 0 Å². The van der Waals surface area contributed by atoms with E-state index in [1.54, 1.807) is 24.5 Å². The van der Waals surface area contributed by atoms with Crippen LogP contribution in [0.4, 0.5) is 5.69 Å². The number of thiazole rings is 1. The van der Waals surface area contributed by atoms with Gasteiger partial charge in [0.25, 0.3) is 0 Å². The fraction of sp³-hybridized carbons (Fsp3) is 0.412. The van der Waals surface area contributed by atoms with E-state index in [1.165, 1.54) is 0 Å². The number of carbonyl (C=O) groups excluding carboxylic acids is 1. The molecule has 0 bridgehead atoms. The first-order valence-corrected chi connectivity index (χ1v) is 8.78. The summed E-state index contributed by atoms with van der Waals surface area (Å²) in [6.07, 6.45) is 0.275. The van der Waals surface area contributed by atoms with E-state index >= 15 is 0 Å². The molecule has 0 aliphatic carbocycles. The Kier molecular flexibility index (Phi) is 5.79. The van der Waals surface area contributed by atoms with Gasteiger partial charge in [0.05, 0.1) is 39.0 Å². The number of morpholine rings is 1. The minimum absolute atomic E-state index is 0.0773. The van der Waals surface area contributed by atoms with Gasteiger partial charge in [0.2, 0.25) is 5.91 Å². The number of carbonyl (C=O) groups is 1. The predicted molar refractivity (Wildman–Crippen MR) is 93.5 cm³/mol. The Balaban J connectivity index is 1.52. The molecular formula is C17H21N3O3S. The molecule has 3 rings (SSSR count). The molecule has 1 fully saturated rings. The van der Waals surface area contributed by atoms with Crippen LogP contribution in [0.1, 0.15) is 10.7 Å². The first-order chi connectivity index (χ1) is 11.7. The maximum atomic E-state index is 12.2. The van der Waals surface area contributed by atoms with E-state index in [4.69, 9.17) is 9.47 Å². The number of benzene rings is 1. The van der Waals surface area contributed by atoms with Crippen molar-refractivity contribution in [3.63, 3.8) is 0 Å². The van der Waals surface area contributed by atoms with Gasteiger partial charge in [-0.05, 0) is 12.1 Å². The Morgan fingerprint density at radius 1 is 1.42 bits per heavy atom. The molecule has 2 aromatic rings. The lowest BCUT2D eigenvalue weighted by Crippen LogP contribution is -2.35. The zero-order chi connectivity index (χ0) is 16.8. The van der Waals surface area contributed by atoms with Gasteiger partial charge in [0, 0.05) is 30.2 Å². The average Bonchev–Trinajstić information content (AvgIpc) is 3.02. The zero-order valence-electron chi connectivity index (χ0n) is 13.7. The molecule has 0 saturated carbocycles. The molecule has 1 amide bonds. The number of anilines is 1. The van der Waals surface area contributed by atoms with E-state index in [2.05, 4.69) is 15.2 Å². The third-order valence-electron chi connectivity index (χ3n) is 3.76. The highest BCUT2D eigenvalue weighted by molar-refractivity contribution is 7.09. The van der Waals surface area contributed by atoms with Crippen LogP contribution < -0.4 is 10.1 Å². The standard InChI is InChI=1S/C17H21N3O3S/c1-22-15-4-2-3-13(9-15)18-16(21)10-14-12-24-17(19-14)11-20-5-7-23-8-6-20/h2-4,9,12H,5-8,10-11H2,1H3,(H,18,21). The van der Waals surface area contributed by atoms with Crippen LogP contribution in [0.5, 0.6) is 5.75 Å². The van der Waals surface area contributed by atoms with Crippen molar-refractivity contribution in [1.29, 1.82) is 0 Å². The second kappa shape index (κ2) is 8.23. The summed E-state index contributed by atoms with van der Waals surface area (Å²) in [6.45, 7) is 4.25. The van der Waals surface area contributed by atoms with Crippen molar-refractivity contribution in [1.82, 2.24) is 9.88 Å². The van der Waals surface area contributed by atoms with Crippen LogP contribution in [0, 0.1) is 0 Å². The molecule has 0 atom stereocenters. The smallest absolute Gasteiger partial charge is 0.230 e. The van der Waals surface area contributed by atoms with Crippen LogP contribution in [0.25, 0.3) is 0 Å². The zero-order valence-corrected chi connectivity index (χ0v) is 14.5. The topological polar surface area (TPSA) is 63.7 Å². The molecule has 0 unspecified atom stereocenters. The molecule has 2 heterocycles. The Labute approximate surface area is 145 Å². The Bertz CT molecular complexity index is 683. The lowest BCUT2D eigenvalue weighted by Gasteiger charge is -2.25. The third kappa shape index (κ3) is 4.77. The van der Waals surface area contributed by atoms with Gasteiger partial charge in [-0.3, -0.25) is 9.69 Å². The lowest BCUT2D eigenvalue weighted by molar-refractivity contribution is -0.115. The van der Waals surface area contributed by atoms with E-state index in [9.17, 15) is 4.79 Å². The van der Waals surface area contributed by atoms with Crippen molar-refractivity contribution in [2.45, 2.75) is 13.0 Å². The van der Waals surface area contributed by atoms with Crippen LogP contribution in [0.15, 0.2) is 29.6 Å². The summed E-state index contributed by atoms with van der Waals surface area (Å²) in [6, 6.07) is 7.32. The SMILES string of the molecule is COc1cccc(NC(=O)Cc2csc(CN3CCOCC3)n2)c1. The summed E-state index contributed by atoms with van der Waals surface area (Å²) in [7, 11) is 1.60.